The Morgan fingerprint density at radius 1 is 1.10 bits per heavy atom. The highest BCUT2D eigenvalue weighted by Gasteiger charge is 2.49. The Morgan fingerprint density at radius 2 is 1.85 bits per heavy atom. The highest BCUT2D eigenvalue weighted by molar-refractivity contribution is 7.95. The minimum Gasteiger partial charge on any atom is -0.506 e. The summed E-state index contributed by atoms with van der Waals surface area (Å²) in [6.07, 6.45) is 2.58. The van der Waals surface area contributed by atoms with Gasteiger partial charge < -0.3 is 15.2 Å². The standard InChI is InChI=1S/C32H33FN2O5S/c1-32(2)17-25-30(41(38,39)19-32)29(23-15-14-22(16-24(23)33)40-18-20-8-4-3-5-9-20)35(31(37)21-10-6-11-21)26-12-7-13-27(36)28(26)34-25/h3-5,7-9,12-16,21,29,34,36H,6,10-11,17-19H2,1-2H3. The first-order chi connectivity index (χ1) is 19.5. The van der Waals surface area contributed by atoms with Gasteiger partial charge in [-0.05, 0) is 54.5 Å². The van der Waals surface area contributed by atoms with E-state index in [-0.39, 0.29) is 46.1 Å². The molecule has 41 heavy (non-hydrogen) atoms. The third kappa shape index (κ3) is 5.07. The molecule has 1 aliphatic carbocycles. The first-order valence-corrected chi connectivity index (χ1v) is 15.5. The second kappa shape index (κ2) is 10.2. The number of aromatic hydroxyl groups is 1. The number of sulfone groups is 1. The molecule has 1 saturated carbocycles. The van der Waals surface area contributed by atoms with E-state index >= 15 is 4.39 Å². The van der Waals surface area contributed by atoms with E-state index in [1.165, 1.54) is 23.1 Å². The predicted molar refractivity (Wildman–Crippen MR) is 156 cm³/mol. The Balaban J connectivity index is 1.52. The molecule has 0 spiro atoms. The summed E-state index contributed by atoms with van der Waals surface area (Å²) in [5.41, 5.74) is 1.29. The highest BCUT2D eigenvalue weighted by atomic mass is 32.2. The van der Waals surface area contributed by atoms with E-state index in [1.807, 2.05) is 44.2 Å². The average Bonchev–Trinajstić information content (AvgIpc) is 3.01. The van der Waals surface area contributed by atoms with Crippen LogP contribution >= 0.6 is 0 Å². The number of para-hydroxylation sites is 1. The van der Waals surface area contributed by atoms with Gasteiger partial charge in [-0.1, -0.05) is 56.7 Å². The number of allylic oxidation sites excluding steroid dienone is 1. The minimum atomic E-state index is -3.95. The van der Waals surface area contributed by atoms with Crippen molar-refractivity contribution < 1.29 is 27.4 Å². The van der Waals surface area contributed by atoms with Crippen LogP contribution in [0.2, 0.25) is 0 Å². The second-order valence-electron chi connectivity index (χ2n) is 11.9. The van der Waals surface area contributed by atoms with Crippen LogP contribution in [-0.4, -0.2) is 25.2 Å². The fourth-order valence-electron chi connectivity index (χ4n) is 6.04. The largest absolute Gasteiger partial charge is 0.506 e. The van der Waals surface area contributed by atoms with Gasteiger partial charge >= 0.3 is 0 Å². The molecule has 1 amide bonds. The molecule has 3 aromatic rings. The van der Waals surface area contributed by atoms with E-state index in [0.717, 1.165) is 12.0 Å². The second-order valence-corrected chi connectivity index (χ2v) is 13.9. The molecule has 0 aromatic heterocycles. The molecule has 2 N–H and O–H groups in total. The van der Waals surface area contributed by atoms with E-state index in [9.17, 15) is 18.3 Å². The fraction of sp³-hybridized carbons (Fsp3) is 0.344. The lowest BCUT2D eigenvalue weighted by Crippen LogP contribution is -2.44. The number of carbonyl (C=O) groups excluding carboxylic acids is 1. The van der Waals surface area contributed by atoms with Crippen LogP contribution in [0.25, 0.3) is 0 Å². The summed E-state index contributed by atoms with van der Waals surface area (Å²) in [5.74, 6) is -1.25. The maximum Gasteiger partial charge on any atom is 0.231 e. The molecule has 2 heterocycles. The van der Waals surface area contributed by atoms with Crippen LogP contribution in [0.4, 0.5) is 15.8 Å². The van der Waals surface area contributed by atoms with Gasteiger partial charge in [-0.25, -0.2) is 12.8 Å². The molecular formula is C32H33FN2O5S. The van der Waals surface area contributed by atoms with Gasteiger partial charge in [-0.3, -0.25) is 9.69 Å². The smallest absolute Gasteiger partial charge is 0.231 e. The summed E-state index contributed by atoms with van der Waals surface area (Å²) < 4.78 is 50.0. The monoisotopic (exact) mass is 576 g/mol. The lowest BCUT2D eigenvalue weighted by atomic mass is 9.83. The molecule has 3 aliphatic rings. The number of nitrogens with one attached hydrogen (secondary N) is 1. The predicted octanol–water partition coefficient (Wildman–Crippen LogP) is 6.47. The summed E-state index contributed by atoms with van der Waals surface area (Å²) in [7, 11) is -3.95. The number of fused-ring (bicyclic) bond motifs is 1. The number of amides is 1. The molecule has 1 atom stereocenters. The van der Waals surface area contributed by atoms with Crippen molar-refractivity contribution in [1.82, 2.24) is 0 Å². The minimum absolute atomic E-state index is 0.0306. The third-order valence-electron chi connectivity index (χ3n) is 8.14. The van der Waals surface area contributed by atoms with E-state index in [0.29, 0.717) is 36.4 Å². The van der Waals surface area contributed by atoms with E-state index < -0.39 is 27.1 Å². The molecule has 2 aliphatic heterocycles. The molecule has 9 heteroatoms. The van der Waals surface area contributed by atoms with Crippen molar-refractivity contribution in [3.05, 3.63) is 94.3 Å². The lowest BCUT2D eigenvalue weighted by molar-refractivity contribution is -0.125. The van der Waals surface area contributed by atoms with Gasteiger partial charge in [0.05, 0.1) is 16.3 Å². The van der Waals surface area contributed by atoms with Crippen molar-refractivity contribution in [3.63, 3.8) is 0 Å². The number of rotatable bonds is 5. The van der Waals surface area contributed by atoms with Gasteiger partial charge in [-0.2, -0.15) is 0 Å². The normalized spacial score (nSPS) is 21.1. The summed E-state index contributed by atoms with van der Waals surface area (Å²) in [5, 5.41) is 14.1. The SMILES string of the molecule is CC1(C)CC2=C(C(c3ccc(OCc4ccccc4)cc3F)N(C(=O)C3CCC3)c3cccc(O)c3N2)S(=O)(=O)C1. The fourth-order valence-corrected chi connectivity index (χ4v) is 8.40. The maximum absolute atomic E-state index is 16.1. The molecule has 0 bridgehead atoms. The summed E-state index contributed by atoms with van der Waals surface area (Å²) in [4.78, 5) is 15.5. The molecule has 1 fully saturated rings. The molecule has 214 valence electrons. The van der Waals surface area contributed by atoms with Gasteiger partial charge in [0, 0.05) is 23.2 Å². The molecule has 7 nitrogen and oxygen atoms in total. The number of carbonyl (C=O) groups is 1. The quantitative estimate of drug-likeness (QED) is 0.338. The van der Waals surface area contributed by atoms with E-state index in [4.69, 9.17) is 4.74 Å². The van der Waals surface area contributed by atoms with Gasteiger partial charge in [0.2, 0.25) is 5.91 Å². The van der Waals surface area contributed by atoms with E-state index in [2.05, 4.69) is 5.32 Å². The van der Waals surface area contributed by atoms with Crippen molar-refractivity contribution in [2.75, 3.05) is 16.0 Å². The van der Waals surface area contributed by atoms with E-state index in [1.54, 1.807) is 18.2 Å². The topological polar surface area (TPSA) is 95.9 Å². The molecule has 0 saturated heterocycles. The summed E-state index contributed by atoms with van der Waals surface area (Å²) >= 11 is 0. The molecule has 0 radical (unpaired) electrons. The van der Waals surface area contributed by atoms with Gasteiger partial charge in [0.25, 0.3) is 0 Å². The first kappa shape index (κ1) is 27.3. The van der Waals surface area contributed by atoms with Crippen molar-refractivity contribution >= 4 is 27.1 Å². The number of phenols is 1. The zero-order valence-electron chi connectivity index (χ0n) is 23.1. The Bertz CT molecular complexity index is 1650. The Labute approximate surface area is 239 Å². The molecular weight excluding hydrogens is 543 g/mol. The lowest BCUT2D eigenvalue weighted by Gasteiger charge is -2.39. The van der Waals surface area contributed by atoms with Crippen molar-refractivity contribution in [1.29, 1.82) is 0 Å². The number of hydrogen-bond donors (Lipinski definition) is 2. The molecule has 1 unspecified atom stereocenters. The highest BCUT2D eigenvalue weighted by Crippen LogP contribution is 2.52. The van der Waals surface area contributed by atoms with Crippen molar-refractivity contribution in [3.8, 4) is 11.5 Å². The number of hydrogen-bond acceptors (Lipinski definition) is 6. The third-order valence-corrected chi connectivity index (χ3v) is 10.4. The van der Waals surface area contributed by atoms with Crippen LogP contribution in [0.5, 0.6) is 11.5 Å². The Morgan fingerprint density at radius 3 is 2.54 bits per heavy atom. The van der Waals surface area contributed by atoms with Crippen molar-refractivity contribution in [2.45, 2.75) is 52.2 Å². The number of halogens is 1. The van der Waals surface area contributed by atoms with Crippen LogP contribution in [0.3, 0.4) is 0 Å². The Kier molecular flexibility index (Phi) is 6.80. The number of anilines is 2. The van der Waals surface area contributed by atoms with Crippen LogP contribution in [0, 0.1) is 17.2 Å². The van der Waals surface area contributed by atoms with Crippen molar-refractivity contribution in [2.24, 2.45) is 11.3 Å². The van der Waals surface area contributed by atoms with Gasteiger partial charge in [-0.15, -0.1) is 0 Å². The molecule has 6 rings (SSSR count). The van der Waals surface area contributed by atoms with Gasteiger partial charge in [0.15, 0.2) is 9.84 Å². The number of nitrogens with zero attached hydrogens (tertiary/aromatic N) is 1. The van der Waals surface area contributed by atoms with Crippen LogP contribution in [0.1, 0.15) is 56.7 Å². The maximum atomic E-state index is 16.1. The number of ether oxygens (including phenoxy) is 1. The first-order valence-electron chi connectivity index (χ1n) is 13.9. The van der Waals surface area contributed by atoms with Gasteiger partial charge in [0.1, 0.15) is 35.7 Å². The summed E-state index contributed by atoms with van der Waals surface area (Å²) in [6.45, 7) is 3.96. The zero-order chi connectivity index (χ0) is 28.9. The van der Waals surface area contributed by atoms with Crippen LogP contribution in [-0.2, 0) is 21.2 Å². The number of phenolic OH excluding ortho intramolecular Hbond substituents is 1. The summed E-state index contributed by atoms with van der Waals surface area (Å²) in [6, 6.07) is 17.4. The zero-order valence-corrected chi connectivity index (χ0v) is 23.9. The molecule has 3 aromatic carbocycles. The van der Waals surface area contributed by atoms with Crippen LogP contribution < -0.4 is 15.0 Å². The number of benzene rings is 3. The Hall–Kier alpha value is -3.85. The average molecular weight is 577 g/mol. The van der Waals surface area contributed by atoms with Crippen LogP contribution in [0.15, 0.2) is 77.3 Å².